The van der Waals surface area contributed by atoms with Gasteiger partial charge in [-0.05, 0) is 72.5 Å². The molecule has 3 rings (SSSR count). The Labute approximate surface area is 159 Å². The van der Waals surface area contributed by atoms with Gasteiger partial charge in [-0.2, -0.15) is 4.68 Å². The van der Waals surface area contributed by atoms with E-state index in [9.17, 15) is 0 Å². The summed E-state index contributed by atoms with van der Waals surface area (Å²) >= 11 is 6.01. The van der Waals surface area contributed by atoms with E-state index in [1.54, 1.807) is 0 Å². The Bertz CT molecular complexity index is 887. The van der Waals surface area contributed by atoms with Crippen molar-refractivity contribution in [3.63, 3.8) is 0 Å². The van der Waals surface area contributed by atoms with E-state index >= 15 is 0 Å². The summed E-state index contributed by atoms with van der Waals surface area (Å²) in [5.41, 5.74) is 4.00. The van der Waals surface area contributed by atoms with Crippen LogP contribution in [-0.4, -0.2) is 20.2 Å². The highest BCUT2D eigenvalue weighted by molar-refractivity contribution is 6.30. The van der Waals surface area contributed by atoms with E-state index in [1.165, 1.54) is 5.56 Å². The van der Waals surface area contributed by atoms with Gasteiger partial charge in [0.2, 0.25) is 0 Å². The Hall–Kier alpha value is -2.40. The Balaban J connectivity index is 2.07. The van der Waals surface area contributed by atoms with Crippen molar-refractivity contribution >= 4 is 17.3 Å². The number of benzene rings is 2. The summed E-state index contributed by atoms with van der Waals surface area (Å²) in [5, 5.41) is 17.0. The van der Waals surface area contributed by atoms with E-state index in [-0.39, 0.29) is 0 Å². The van der Waals surface area contributed by atoms with Crippen molar-refractivity contribution in [2.45, 2.75) is 46.1 Å². The minimum atomic E-state index is -0.426. The molecule has 0 spiro atoms. The smallest absolute Gasteiger partial charge is 0.181 e. The van der Waals surface area contributed by atoms with Gasteiger partial charge in [0.1, 0.15) is 0 Å². The van der Waals surface area contributed by atoms with Crippen molar-refractivity contribution in [2.24, 2.45) is 0 Å². The van der Waals surface area contributed by atoms with E-state index in [0.29, 0.717) is 5.02 Å². The number of aromatic nitrogens is 4. The monoisotopic (exact) mass is 369 g/mol. The van der Waals surface area contributed by atoms with Crippen LogP contribution in [0.15, 0.2) is 42.5 Å². The van der Waals surface area contributed by atoms with Crippen molar-refractivity contribution in [3.05, 3.63) is 64.4 Å². The van der Waals surface area contributed by atoms with Crippen molar-refractivity contribution in [1.29, 1.82) is 0 Å². The lowest BCUT2D eigenvalue weighted by atomic mass is 9.96. The topological polar surface area (TPSA) is 55.6 Å². The van der Waals surface area contributed by atoms with E-state index in [4.69, 9.17) is 11.6 Å². The molecule has 0 aliphatic heterocycles. The molecule has 0 aliphatic rings. The number of anilines is 1. The van der Waals surface area contributed by atoms with Gasteiger partial charge in [-0.25, -0.2) is 0 Å². The highest BCUT2D eigenvalue weighted by Crippen LogP contribution is 2.31. The van der Waals surface area contributed by atoms with Gasteiger partial charge in [-0.1, -0.05) is 43.6 Å². The van der Waals surface area contributed by atoms with Gasteiger partial charge in [0, 0.05) is 10.7 Å². The number of tetrazole rings is 1. The normalized spacial score (nSPS) is 13.4. The second-order valence-electron chi connectivity index (χ2n) is 6.67. The molecule has 0 saturated carbocycles. The number of hydrogen-bond donors (Lipinski definition) is 1. The van der Waals surface area contributed by atoms with Gasteiger partial charge in [-0.15, -0.1) is 5.10 Å². The van der Waals surface area contributed by atoms with Gasteiger partial charge in [0.25, 0.3) is 0 Å². The molecule has 136 valence electrons. The van der Waals surface area contributed by atoms with E-state index in [2.05, 4.69) is 66.7 Å². The average Bonchev–Trinajstić information content (AvgIpc) is 3.13. The predicted molar refractivity (Wildman–Crippen MR) is 106 cm³/mol. The van der Waals surface area contributed by atoms with Crippen LogP contribution in [0.25, 0.3) is 5.69 Å². The summed E-state index contributed by atoms with van der Waals surface area (Å²) in [6.07, 6.45) is 1.74. The van der Waals surface area contributed by atoms with Crippen LogP contribution in [0.5, 0.6) is 0 Å². The van der Waals surface area contributed by atoms with Crippen LogP contribution >= 0.6 is 11.6 Å². The van der Waals surface area contributed by atoms with Crippen molar-refractivity contribution in [2.75, 3.05) is 5.32 Å². The molecule has 1 atom stereocenters. The molecule has 0 bridgehead atoms. The van der Waals surface area contributed by atoms with E-state index in [0.717, 1.165) is 35.6 Å². The Morgan fingerprint density at radius 2 is 1.85 bits per heavy atom. The maximum atomic E-state index is 6.01. The minimum Gasteiger partial charge on any atom is -0.373 e. The molecule has 6 heteroatoms. The number of aryl methyl sites for hydroxylation is 2. The van der Waals surface area contributed by atoms with Crippen LogP contribution in [-0.2, 0) is 12.0 Å². The molecule has 26 heavy (non-hydrogen) atoms. The van der Waals surface area contributed by atoms with Crippen LogP contribution in [0, 0.1) is 6.92 Å². The summed E-state index contributed by atoms with van der Waals surface area (Å²) in [7, 11) is 0. The number of nitrogens with one attached hydrogen (secondary N) is 1. The molecule has 0 unspecified atom stereocenters. The standard InChI is InChI=1S/C20H24ClN5/c1-5-15-9-7-8-14(3)18(15)26-19(23-24-25-26)20(4,6-2)22-17-12-10-16(21)11-13-17/h7-13,22H,5-6H2,1-4H3/t20-/m1/s1. The number of rotatable bonds is 6. The largest absolute Gasteiger partial charge is 0.373 e. The summed E-state index contributed by atoms with van der Waals surface area (Å²) in [5.74, 6) is 0.791. The van der Waals surface area contributed by atoms with Gasteiger partial charge < -0.3 is 5.32 Å². The molecule has 2 aromatic carbocycles. The Kier molecular flexibility index (Phi) is 5.28. The van der Waals surface area contributed by atoms with Crippen LogP contribution in [0.4, 0.5) is 5.69 Å². The first kappa shape index (κ1) is 18.4. The predicted octanol–water partition coefficient (Wildman–Crippen LogP) is 4.92. The fraction of sp³-hybridized carbons (Fsp3) is 0.350. The van der Waals surface area contributed by atoms with Gasteiger partial charge in [0.15, 0.2) is 5.82 Å². The quantitative estimate of drug-likeness (QED) is 0.669. The number of halogens is 1. The van der Waals surface area contributed by atoms with Crippen LogP contribution in [0.3, 0.4) is 0 Å². The molecule has 0 saturated heterocycles. The lowest BCUT2D eigenvalue weighted by Gasteiger charge is -2.30. The van der Waals surface area contributed by atoms with E-state index in [1.807, 2.05) is 28.9 Å². The molecule has 1 heterocycles. The van der Waals surface area contributed by atoms with Gasteiger partial charge in [-0.3, -0.25) is 0 Å². The van der Waals surface area contributed by atoms with Crippen LogP contribution in [0.1, 0.15) is 44.1 Å². The van der Waals surface area contributed by atoms with Crippen LogP contribution < -0.4 is 5.32 Å². The molecule has 3 aromatic rings. The zero-order valence-electron chi connectivity index (χ0n) is 15.6. The molecular formula is C20H24ClN5. The molecule has 0 radical (unpaired) electrons. The zero-order chi connectivity index (χ0) is 18.7. The third-order valence-corrected chi connectivity index (χ3v) is 5.10. The first-order valence-electron chi connectivity index (χ1n) is 8.90. The maximum absolute atomic E-state index is 6.01. The minimum absolute atomic E-state index is 0.426. The first-order valence-corrected chi connectivity index (χ1v) is 9.27. The number of hydrogen-bond acceptors (Lipinski definition) is 4. The molecular weight excluding hydrogens is 346 g/mol. The Morgan fingerprint density at radius 3 is 2.50 bits per heavy atom. The van der Waals surface area contributed by atoms with Crippen molar-refractivity contribution in [1.82, 2.24) is 20.2 Å². The van der Waals surface area contributed by atoms with Gasteiger partial charge in [0.05, 0.1) is 11.2 Å². The molecule has 5 nitrogen and oxygen atoms in total. The third-order valence-electron chi connectivity index (χ3n) is 4.85. The molecule has 0 aliphatic carbocycles. The highest BCUT2D eigenvalue weighted by Gasteiger charge is 2.32. The summed E-state index contributed by atoms with van der Waals surface area (Å²) in [6, 6.07) is 14.0. The maximum Gasteiger partial charge on any atom is 0.181 e. The molecule has 0 amide bonds. The molecule has 1 N–H and O–H groups in total. The molecule has 1 aromatic heterocycles. The number of para-hydroxylation sites is 1. The van der Waals surface area contributed by atoms with Gasteiger partial charge >= 0.3 is 0 Å². The highest BCUT2D eigenvalue weighted by atomic mass is 35.5. The second-order valence-corrected chi connectivity index (χ2v) is 7.10. The SMILES string of the molecule is CCc1cccc(C)c1-n1nnnc1[C@@](C)(CC)Nc1ccc(Cl)cc1. The Morgan fingerprint density at radius 1 is 1.12 bits per heavy atom. The lowest BCUT2D eigenvalue weighted by molar-refractivity contribution is 0.474. The second kappa shape index (κ2) is 7.46. The summed E-state index contributed by atoms with van der Waals surface area (Å²) in [6.45, 7) is 8.48. The van der Waals surface area contributed by atoms with Crippen LogP contribution in [0.2, 0.25) is 5.02 Å². The van der Waals surface area contributed by atoms with Crippen molar-refractivity contribution in [3.8, 4) is 5.69 Å². The van der Waals surface area contributed by atoms with Crippen molar-refractivity contribution < 1.29 is 0 Å². The zero-order valence-corrected chi connectivity index (χ0v) is 16.4. The summed E-state index contributed by atoms with van der Waals surface area (Å²) < 4.78 is 1.88. The first-order chi connectivity index (χ1) is 12.5. The average molecular weight is 370 g/mol. The fourth-order valence-electron chi connectivity index (χ4n) is 3.14. The fourth-order valence-corrected chi connectivity index (χ4v) is 3.27. The molecule has 0 fully saturated rings. The number of nitrogens with zero attached hydrogens (tertiary/aromatic N) is 4. The summed E-state index contributed by atoms with van der Waals surface area (Å²) in [4.78, 5) is 0. The van der Waals surface area contributed by atoms with E-state index < -0.39 is 5.54 Å². The lowest BCUT2D eigenvalue weighted by Crippen LogP contribution is -2.34. The third kappa shape index (κ3) is 3.44.